The van der Waals surface area contributed by atoms with Crippen molar-refractivity contribution < 1.29 is 10.2 Å². The van der Waals surface area contributed by atoms with Crippen molar-refractivity contribution in [1.29, 1.82) is 0 Å². The SMILES string of the molecule is C=Cc1ccc2cnn(C)c2c1.Cn1ncc2ccc([C@@H](O)CO)cc21. The van der Waals surface area contributed by atoms with Gasteiger partial charge in [-0.25, -0.2) is 0 Å². The fourth-order valence-electron chi connectivity index (χ4n) is 2.76. The van der Waals surface area contributed by atoms with Gasteiger partial charge in [0.1, 0.15) is 6.10 Å². The molecule has 2 N–H and O–H groups in total. The molecular formula is C20H22N4O2. The summed E-state index contributed by atoms with van der Waals surface area (Å²) in [7, 11) is 3.78. The lowest BCUT2D eigenvalue weighted by molar-refractivity contribution is 0.0957. The average Bonchev–Trinajstić information content (AvgIpc) is 3.24. The Morgan fingerprint density at radius 2 is 1.58 bits per heavy atom. The Morgan fingerprint density at radius 3 is 2.15 bits per heavy atom. The summed E-state index contributed by atoms with van der Waals surface area (Å²) in [4.78, 5) is 0. The van der Waals surface area contributed by atoms with Gasteiger partial charge in [-0.15, -0.1) is 0 Å². The minimum atomic E-state index is -0.811. The van der Waals surface area contributed by atoms with E-state index < -0.39 is 6.10 Å². The summed E-state index contributed by atoms with van der Waals surface area (Å²) >= 11 is 0. The number of aryl methyl sites for hydroxylation is 2. The molecule has 4 rings (SSSR count). The van der Waals surface area contributed by atoms with Crippen LogP contribution in [-0.4, -0.2) is 36.4 Å². The van der Waals surface area contributed by atoms with Gasteiger partial charge < -0.3 is 10.2 Å². The van der Waals surface area contributed by atoms with Gasteiger partial charge in [0.25, 0.3) is 0 Å². The van der Waals surface area contributed by atoms with Crippen LogP contribution < -0.4 is 0 Å². The van der Waals surface area contributed by atoms with Gasteiger partial charge in [-0.1, -0.05) is 36.9 Å². The number of fused-ring (bicyclic) bond motifs is 2. The molecule has 26 heavy (non-hydrogen) atoms. The minimum absolute atomic E-state index is 0.261. The fourth-order valence-corrected chi connectivity index (χ4v) is 2.76. The van der Waals surface area contributed by atoms with Crippen LogP contribution in [0.5, 0.6) is 0 Å². The van der Waals surface area contributed by atoms with E-state index in [4.69, 9.17) is 5.11 Å². The molecule has 0 saturated heterocycles. The first-order valence-electron chi connectivity index (χ1n) is 8.28. The Morgan fingerprint density at radius 1 is 1.00 bits per heavy atom. The van der Waals surface area contributed by atoms with Crippen molar-refractivity contribution in [3.63, 3.8) is 0 Å². The zero-order chi connectivity index (χ0) is 18.7. The summed E-state index contributed by atoms with van der Waals surface area (Å²) in [6, 6.07) is 11.7. The molecule has 0 radical (unpaired) electrons. The molecule has 0 bridgehead atoms. The first-order chi connectivity index (χ1) is 12.5. The lowest BCUT2D eigenvalue weighted by Crippen LogP contribution is -2.02. The summed E-state index contributed by atoms with van der Waals surface area (Å²) < 4.78 is 3.60. The lowest BCUT2D eigenvalue weighted by atomic mass is 10.1. The Balaban J connectivity index is 0.000000152. The Bertz CT molecular complexity index is 1050. The van der Waals surface area contributed by atoms with Crippen LogP contribution in [0.1, 0.15) is 17.2 Å². The number of rotatable bonds is 3. The van der Waals surface area contributed by atoms with Crippen molar-refractivity contribution in [3.05, 3.63) is 66.5 Å². The smallest absolute Gasteiger partial charge is 0.102 e. The number of aliphatic hydroxyl groups is 2. The number of hydrogen-bond donors (Lipinski definition) is 2. The molecular weight excluding hydrogens is 328 g/mol. The monoisotopic (exact) mass is 350 g/mol. The second-order valence-corrected chi connectivity index (χ2v) is 6.08. The second kappa shape index (κ2) is 7.51. The van der Waals surface area contributed by atoms with Gasteiger partial charge in [0, 0.05) is 24.9 Å². The number of nitrogens with zero attached hydrogens (tertiary/aromatic N) is 4. The molecule has 6 heteroatoms. The maximum Gasteiger partial charge on any atom is 0.102 e. The molecule has 0 unspecified atom stereocenters. The highest BCUT2D eigenvalue weighted by Crippen LogP contribution is 2.19. The van der Waals surface area contributed by atoms with E-state index in [-0.39, 0.29) is 6.61 Å². The molecule has 6 nitrogen and oxygen atoms in total. The fraction of sp³-hybridized carbons (Fsp3) is 0.200. The van der Waals surface area contributed by atoms with Crippen LogP contribution in [0.15, 0.2) is 55.4 Å². The van der Waals surface area contributed by atoms with E-state index in [9.17, 15) is 5.11 Å². The molecule has 0 spiro atoms. The molecule has 2 aromatic heterocycles. The topological polar surface area (TPSA) is 76.1 Å². The first kappa shape index (κ1) is 17.8. The van der Waals surface area contributed by atoms with E-state index in [0.717, 1.165) is 22.0 Å². The first-order valence-corrected chi connectivity index (χ1v) is 8.28. The Hall–Kier alpha value is -2.96. The molecule has 4 aromatic rings. The van der Waals surface area contributed by atoms with Crippen LogP contribution in [0.2, 0.25) is 0 Å². The van der Waals surface area contributed by atoms with Gasteiger partial charge in [-0.3, -0.25) is 9.36 Å². The largest absolute Gasteiger partial charge is 0.393 e. The maximum absolute atomic E-state index is 9.44. The number of hydrogen-bond acceptors (Lipinski definition) is 4. The Labute approximate surface area is 151 Å². The van der Waals surface area contributed by atoms with Crippen molar-refractivity contribution >= 4 is 27.9 Å². The summed E-state index contributed by atoms with van der Waals surface area (Å²) in [6.45, 7) is 3.46. The van der Waals surface area contributed by atoms with Crippen LogP contribution in [0, 0.1) is 0 Å². The van der Waals surface area contributed by atoms with Crippen LogP contribution in [-0.2, 0) is 14.1 Å². The third-order valence-electron chi connectivity index (χ3n) is 4.34. The second-order valence-electron chi connectivity index (χ2n) is 6.08. The van der Waals surface area contributed by atoms with Crippen molar-refractivity contribution in [2.24, 2.45) is 14.1 Å². The van der Waals surface area contributed by atoms with Crippen molar-refractivity contribution in [2.45, 2.75) is 6.10 Å². The average molecular weight is 350 g/mol. The van der Waals surface area contributed by atoms with Gasteiger partial charge in [-0.05, 0) is 23.3 Å². The van der Waals surface area contributed by atoms with E-state index in [1.165, 1.54) is 5.39 Å². The maximum atomic E-state index is 9.44. The molecule has 0 saturated carbocycles. The van der Waals surface area contributed by atoms with Crippen LogP contribution in [0.4, 0.5) is 0 Å². The van der Waals surface area contributed by atoms with E-state index in [2.05, 4.69) is 28.9 Å². The standard InChI is InChI=1S/C10H12N2O2.C10H10N2/c1-12-9-4-7(10(14)6-13)2-3-8(9)5-11-12;1-3-8-4-5-9-7-11-12(2)10(9)6-8/h2-5,10,13-14H,6H2,1H3;3-7H,1H2,2H3/t10-;/m0./s1. The quantitative estimate of drug-likeness (QED) is 0.596. The van der Waals surface area contributed by atoms with Crippen molar-refractivity contribution in [1.82, 2.24) is 19.6 Å². The molecule has 2 aromatic carbocycles. The van der Waals surface area contributed by atoms with Crippen molar-refractivity contribution in [2.75, 3.05) is 6.61 Å². The molecule has 2 heterocycles. The molecule has 134 valence electrons. The van der Waals surface area contributed by atoms with Crippen molar-refractivity contribution in [3.8, 4) is 0 Å². The van der Waals surface area contributed by atoms with Crippen LogP contribution >= 0.6 is 0 Å². The van der Waals surface area contributed by atoms with Gasteiger partial charge >= 0.3 is 0 Å². The molecule has 0 aliphatic carbocycles. The van der Waals surface area contributed by atoms with Gasteiger partial charge in [0.05, 0.1) is 30.0 Å². The van der Waals surface area contributed by atoms with Gasteiger partial charge in [0.2, 0.25) is 0 Å². The number of benzene rings is 2. The predicted octanol–water partition coefficient (Wildman–Crippen LogP) is 2.82. The lowest BCUT2D eigenvalue weighted by Gasteiger charge is -2.07. The third-order valence-corrected chi connectivity index (χ3v) is 4.34. The summed E-state index contributed by atoms with van der Waals surface area (Å²) in [5, 5.41) is 28.7. The molecule has 0 aliphatic heterocycles. The number of aromatic nitrogens is 4. The zero-order valence-corrected chi connectivity index (χ0v) is 14.9. The summed E-state index contributed by atoms with van der Waals surface area (Å²) in [5.74, 6) is 0. The Kier molecular flexibility index (Phi) is 5.16. The normalized spacial score (nSPS) is 12.0. The minimum Gasteiger partial charge on any atom is -0.393 e. The highest BCUT2D eigenvalue weighted by atomic mass is 16.3. The highest BCUT2D eigenvalue weighted by Gasteiger charge is 2.07. The van der Waals surface area contributed by atoms with E-state index in [1.807, 2.05) is 49.2 Å². The van der Waals surface area contributed by atoms with E-state index in [1.54, 1.807) is 16.9 Å². The number of aliphatic hydroxyl groups excluding tert-OH is 2. The van der Waals surface area contributed by atoms with Crippen LogP contribution in [0.3, 0.4) is 0 Å². The van der Waals surface area contributed by atoms with Crippen LogP contribution in [0.25, 0.3) is 27.9 Å². The highest BCUT2D eigenvalue weighted by molar-refractivity contribution is 5.81. The molecule has 1 atom stereocenters. The van der Waals surface area contributed by atoms with Gasteiger partial charge in [-0.2, -0.15) is 10.2 Å². The zero-order valence-electron chi connectivity index (χ0n) is 14.9. The van der Waals surface area contributed by atoms with E-state index in [0.29, 0.717) is 5.56 Å². The molecule has 0 fully saturated rings. The van der Waals surface area contributed by atoms with E-state index >= 15 is 0 Å². The summed E-state index contributed by atoms with van der Waals surface area (Å²) in [6.07, 6.45) is 4.66. The predicted molar refractivity (Wildman–Crippen MR) is 104 cm³/mol. The summed E-state index contributed by atoms with van der Waals surface area (Å²) in [5.41, 5.74) is 3.94. The molecule has 0 amide bonds. The molecule has 0 aliphatic rings. The van der Waals surface area contributed by atoms with Gasteiger partial charge in [0.15, 0.2) is 0 Å². The third kappa shape index (κ3) is 3.51.